The number of rotatable bonds is 2. The summed E-state index contributed by atoms with van der Waals surface area (Å²) < 4.78 is 14.4. The molecule has 0 spiro atoms. The molecule has 1 nitrogen and oxygen atoms in total. The molecule has 3 atom stereocenters. The first kappa shape index (κ1) is 13.0. The van der Waals surface area contributed by atoms with Crippen LogP contribution in [0.25, 0.3) is 0 Å². The van der Waals surface area contributed by atoms with E-state index in [0.29, 0.717) is 6.42 Å². The second-order valence-electron chi connectivity index (χ2n) is 5.57. The van der Waals surface area contributed by atoms with Gasteiger partial charge in [-0.3, -0.25) is 0 Å². The molecule has 1 rings (SSSR count). The Bertz CT molecular complexity index is 189. The SMILES string of the molecule is CC(C)C(O)C1CCCCCCC1(C)F. The van der Waals surface area contributed by atoms with Crippen molar-refractivity contribution in [1.29, 1.82) is 0 Å². The number of hydrogen-bond acceptors (Lipinski definition) is 1. The Hall–Kier alpha value is -0.110. The van der Waals surface area contributed by atoms with Crippen molar-refractivity contribution in [2.75, 3.05) is 0 Å². The minimum absolute atomic E-state index is 0.157. The minimum atomic E-state index is -1.18. The summed E-state index contributed by atoms with van der Waals surface area (Å²) in [7, 11) is 0. The quantitative estimate of drug-likeness (QED) is 0.746. The maximum Gasteiger partial charge on any atom is 0.113 e. The van der Waals surface area contributed by atoms with Crippen LogP contribution < -0.4 is 0 Å². The maximum absolute atomic E-state index is 14.4. The third kappa shape index (κ3) is 3.44. The molecule has 0 radical (unpaired) electrons. The molecular weight excluding hydrogens is 191 g/mol. The number of aliphatic hydroxyl groups excluding tert-OH is 1. The van der Waals surface area contributed by atoms with E-state index in [-0.39, 0.29) is 11.8 Å². The van der Waals surface area contributed by atoms with Gasteiger partial charge in [-0.05, 0) is 25.7 Å². The average molecular weight is 216 g/mol. The van der Waals surface area contributed by atoms with Gasteiger partial charge in [-0.15, -0.1) is 0 Å². The molecule has 0 aromatic rings. The Morgan fingerprint density at radius 1 is 1.20 bits per heavy atom. The van der Waals surface area contributed by atoms with Gasteiger partial charge < -0.3 is 5.11 Å². The molecule has 0 bridgehead atoms. The van der Waals surface area contributed by atoms with Crippen LogP contribution in [-0.2, 0) is 0 Å². The van der Waals surface area contributed by atoms with Gasteiger partial charge in [0, 0.05) is 5.92 Å². The minimum Gasteiger partial charge on any atom is -0.392 e. The van der Waals surface area contributed by atoms with Crippen molar-refractivity contribution in [3.05, 3.63) is 0 Å². The highest BCUT2D eigenvalue weighted by molar-refractivity contribution is 4.89. The fourth-order valence-electron chi connectivity index (χ4n) is 2.67. The van der Waals surface area contributed by atoms with Gasteiger partial charge in [0.2, 0.25) is 0 Å². The molecule has 1 saturated carbocycles. The predicted molar refractivity (Wildman–Crippen MR) is 61.5 cm³/mol. The molecule has 0 aromatic heterocycles. The van der Waals surface area contributed by atoms with Crippen LogP contribution in [0.2, 0.25) is 0 Å². The van der Waals surface area contributed by atoms with Crippen LogP contribution >= 0.6 is 0 Å². The third-order valence-corrected chi connectivity index (χ3v) is 3.80. The third-order valence-electron chi connectivity index (χ3n) is 3.80. The zero-order valence-electron chi connectivity index (χ0n) is 10.3. The van der Waals surface area contributed by atoms with E-state index in [1.807, 2.05) is 13.8 Å². The first-order chi connectivity index (χ1) is 6.95. The molecule has 0 amide bonds. The molecule has 15 heavy (non-hydrogen) atoms. The van der Waals surface area contributed by atoms with Crippen molar-refractivity contribution < 1.29 is 9.50 Å². The van der Waals surface area contributed by atoms with E-state index in [1.54, 1.807) is 6.92 Å². The largest absolute Gasteiger partial charge is 0.392 e. The smallest absolute Gasteiger partial charge is 0.113 e. The molecule has 1 aliphatic rings. The Kier molecular flexibility index (Phi) is 4.57. The van der Waals surface area contributed by atoms with Gasteiger partial charge in [0.25, 0.3) is 0 Å². The summed E-state index contributed by atoms with van der Waals surface area (Å²) >= 11 is 0. The van der Waals surface area contributed by atoms with Crippen LogP contribution in [0.1, 0.15) is 59.3 Å². The summed E-state index contributed by atoms with van der Waals surface area (Å²) in [5.74, 6) is -0.0118. The van der Waals surface area contributed by atoms with Gasteiger partial charge in [-0.25, -0.2) is 4.39 Å². The van der Waals surface area contributed by atoms with Crippen molar-refractivity contribution >= 4 is 0 Å². The first-order valence-corrected chi connectivity index (χ1v) is 6.32. The summed E-state index contributed by atoms with van der Waals surface area (Å²) in [4.78, 5) is 0. The lowest BCUT2D eigenvalue weighted by Gasteiger charge is -2.37. The van der Waals surface area contributed by atoms with Gasteiger partial charge >= 0.3 is 0 Å². The van der Waals surface area contributed by atoms with E-state index >= 15 is 0 Å². The zero-order valence-corrected chi connectivity index (χ0v) is 10.3. The molecule has 0 aromatic carbocycles. The summed E-state index contributed by atoms with van der Waals surface area (Å²) in [5, 5.41) is 10.1. The van der Waals surface area contributed by atoms with Crippen LogP contribution in [-0.4, -0.2) is 16.9 Å². The van der Waals surface area contributed by atoms with Crippen LogP contribution in [0.4, 0.5) is 4.39 Å². The second kappa shape index (κ2) is 5.29. The summed E-state index contributed by atoms with van der Waals surface area (Å²) in [6.45, 7) is 5.62. The number of hydrogen-bond donors (Lipinski definition) is 1. The number of halogens is 1. The lowest BCUT2D eigenvalue weighted by atomic mass is 9.74. The Labute approximate surface area is 93.1 Å². The molecule has 3 unspecified atom stereocenters. The molecule has 1 N–H and O–H groups in total. The van der Waals surface area contributed by atoms with E-state index < -0.39 is 11.8 Å². The van der Waals surface area contributed by atoms with Gasteiger partial charge in [-0.1, -0.05) is 39.5 Å². The summed E-state index contributed by atoms with van der Waals surface area (Å²) in [5.41, 5.74) is -1.18. The molecule has 0 saturated heterocycles. The lowest BCUT2D eigenvalue weighted by Crippen LogP contribution is -2.41. The van der Waals surface area contributed by atoms with E-state index in [0.717, 1.165) is 25.7 Å². The molecule has 0 aliphatic heterocycles. The van der Waals surface area contributed by atoms with Gasteiger partial charge in [0.1, 0.15) is 5.67 Å². The van der Waals surface area contributed by atoms with Gasteiger partial charge in [0.15, 0.2) is 0 Å². The molecule has 1 aliphatic carbocycles. The highest BCUT2D eigenvalue weighted by atomic mass is 19.1. The van der Waals surface area contributed by atoms with Crippen LogP contribution in [0.15, 0.2) is 0 Å². The van der Waals surface area contributed by atoms with E-state index in [9.17, 15) is 9.50 Å². The highest BCUT2D eigenvalue weighted by Crippen LogP contribution is 2.38. The van der Waals surface area contributed by atoms with E-state index in [4.69, 9.17) is 0 Å². The van der Waals surface area contributed by atoms with Gasteiger partial charge in [0.05, 0.1) is 6.10 Å². The average Bonchev–Trinajstić information content (AvgIpc) is 2.12. The van der Waals surface area contributed by atoms with E-state index in [2.05, 4.69) is 0 Å². The van der Waals surface area contributed by atoms with Gasteiger partial charge in [-0.2, -0.15) is 0 Å². The monoisotopic (exact) mass is 216 g/mol. The van der Waals surface area contributed by atoms with E-state index in [1.165, 1.54) is 6.42 Å². The molecule has 0 heterocycles. The highest BCUT2D eigenvalue weighted by Gasteiger charge is 2.39. The van der Waals surface area contributed by atoms with Crippen molar-refractivity contribution in [3.63, 3.8) is 0 Å². The molecular formula is C13H25FO. The zero-order chi connectivity index (χ0) is 11.5. The lowest BCUT2D eigenvalue weighted by molar-refractivity contribution is -0.0374. The van der Waals surface area contributed by atoms with Crippen LogP contribution in [0.3, 0.4) is 0 Å². The Balaban J connectivity index is 2.70. The fourth-order valence-corrected chi connectivity index (χ4v) is 2.67. The number of alkyl halides is 1. The van der Waals surface area contributed by atoms with Crippen molar-refractivity contribution in [1.82, 2.24) is 0 Å². The van der Waals surface area contributed by atoms with Crippen LogP contribution in [0.5, 0.6) is 0 Å². The fraction of sp³-hybridized carbons (Fsp3) is 1.00. The van der Waals surface area contributed by atoms with Crippen molar-refractivity contribution in [2.45, 2.75) is 71.1 Å². The summed E-state index contributed by atoms with van der Waals surface area (Å²) in [6.07, 6.45) is 5.33. The van der Waals surface area contributed by atoms with Crippen LogP contribution in [0, 0.1) is 11.8 Å². The second-order valence-corrected chi connectivity index (χ2v) is 5.57. The molecule has 1 fully saturated rings. The normalized spacial score (nSPS) is 36.0. The predicted octanol–water partition coefficient (Wildman–Crippen LogP) is 3.70. The molecule has 90 valence electrons. The molecule has 2 heteroatoms. The Morgan fingerprint density at radius 3 is 2.40 bits per heavy atom. The first-order valence-electron chi connectivity index (χ1n) is 6.32. The topological polar surface area (TPSA) is 20.2 Å². The Morgan fingerprint density at radius 2 is 1.80 bits per heavy atom. The number of aliphatic hydroxyl groups is 1. The van der Waals surface area contributed by atoms with Crippen molar-refractivity contribution in [3.8, 4) is 0 Å². The van der Waals surface area contributed by atoms with Crippen molar-refractivity contribution in [2.24, 2.45) is 11.8 Å². The standard InChI is InChI=1S/C13H25FO/c1-10(2)12(15)11-8-6-4-5-7-9-13(11,3)14/h10-12,15H,4-9H2,1-3H3. The summed E-state index contributed by atoms with van der Waals surface area (Å²) in [6, 6.07) is 0. The maximum atomic E-state index is 14.4.